The summed E-state index contributed by atoms with van der Waals surface area (Å²) in [6, 6.07) is 77.8. The summed E-state index contributed by atoms with van der Waals surface area (Å²) in [6.07, 6.45) is 6.22. The molecule has 1 nitrogen and oxygen atoms in total. The van der Waals surface area contributed by atoms with Crippen LogP contribution in [-0.4, -0.2) is 0 Å². The second-order valence-corrected chi connectivity index (χ2v) is 22.7. The molecule has 0 unspecified atom stereocenters. The van der Waals surface area contributed by atoms with Crippen LogP contribution < -0.4 is 4.90 Å². The molecule has 1 heterocycles. The lowest BCUT2D eigenvalue weighted by atomic mass is 9.68. The van der Waals surface area contributed by atoms with Crippen molar-refractivity contribution < 1.29 is 0 Å². The quantitative estimate of drug-likeness (QED) is 0.166. The number of hydrogen-bond donors (Lipinski definition) is 0. The van der Waals surface area contributed by atoms with Crippen LogP contribution in [0.3, 0.4) is 0 Å². The molecule has 15 rings (SSSR count). The van der Waals surface area contributed by atoms with Crippen LogP contribution in [0.2, 0.25) is 0 Å². The topological polar surface area (TPSA) is 3.24 Å². The smallest absolute Gasteiger partial charge is 0.0726 e. The van der Waals surface area contributed by atoms with Crippen LogP contribution in [0.25, 0.3) is 75.8 Å². The van der Waals surface area contributed by atoms with Crippen molar-refractivity contribution in [2.24, 2.45) is 0 Å². The molecule has 350 valence electrons. The number of benzene rings is 10. The molecule has 0 saturated heterocycles. The molecule has 2 spiro atoms. The third kappa shape index (κ3) is 6.02. The van der Waals surface area contributed by atoms with Crippen LogP contribution in [0, 0.1) is 27.7 Å². The van der Waals surface area contributed by atoms with E-state index < -0.39 is 5.41 Å². The van der Waals surface area contributed by atoms with Gasteiger partial charge in [0.25, 0.3) is 0 Å². The zero-order valence-electron chi connectivity index (χ0n) is 41.9. The number of aryl methyl sites for hydroxylation is 4. The minimum absolute atomic E-state index is 0.0327. The molecule has 4 aliphatic rings. The van der Waals surface area contributed by atoms with Gasteiger partial charge < -0.3 is 4.90 Å². The van der Waals surface area contributed by atoms with Gasteiger partial charge in [0, 0.05) is 42.6 Å². The summed E-state index contributed by atoms with van der Waals surface area (Å²) in [5, 5.41) is 2.66. The number of thiophene rings is 1. The first kappa shape index (κ1) is 42.9. The molecule has 0 radical (unpaired) electrons. The van der Waals surface area contributed by atoms with Crippen molar-refractivity contribution in [2.45, 2.75) is 70.6 Å². The van der Waals surface area contributed by atoms with Gasteiger partial charge >= 0.3 is 0 Å². The Labute approximate surface area is 433 Å². The molecule has 2 heteroatoms. The van der Waals surface area contributed by atoms with Crippen molar-refractivity contribution in [3.05, 3.63) is 256 Å². The first-order valence-corrected chi connectivity index (χ1v) is 27.3. The van der Waals surface area contributed by atoms with Crippen LogP contribution in [0.5, 0.6) is 0 Å². The summed E-state index contributed by atoms with van der Waals surface area (Å²) in [5.74, 6) is 0. The predicted molar refractivity (Wildman–Crippen MR) is 309 cm³/mol. The molecule has 4 aliphatic carbocycles. The van der Waals surface area contributed by atoms with Gasteiger partial charge in [0.2, 0.25) is 0 Å². The molecule has 0 N–H and O–H groups in total. The van der Waals surface area contributed by atoms with Crippen LogP contribution in [0.15, 0.2) is 200 Å². The SMILES string of the molecule is Cc1ccc2c(c1)C1(c3ccc(-c4cccc5c4sc4ccccc45)cc3-c3ccc(N(c4ccc(-c5ccccc5C)c(C)c4)c4ccc5c(c4)C4(CCCCC4)c4ccccc4-5)cc31)c1cc(C)ccc1-2. The zero-order chi connectivity index (χ0) is 48.7. The monoisotopic (exact) mass is 953 g/mol. The lowest BCUT2D eigenvalue weighted by molar-refractivity contribution is 0.353. The largest absolute Gasteiger partial charge is 0.310 e. The average Bonchev–Trinajstić information content (AvgIpc) is 4.11. The second-order valence-electron chi connectivity index (χ2n) is 21.7. The maximum absolute atomic E-state index is 2.59. The van der Waals surface area contributed by atoms with E-state index in [4.69, 9.17) is 0 Å². The number of rotatable bonds is 5. The third-order valence-electron chi connectivity index (χ3n) is 17.7. The van der Waals surface area contributed by atoms with Gasteiger partial charge in [-0.05, 0) is 189 Å². The Morgan fingerprint density at radius 1 is 0.356 bits per heavy atom. The highest BCUT2D eigenvalue weighted by Gasteiger charge is 2.52. The Kier molecular flexibility index (Phi) is 9.31. The summed E-state index contributed by atoms with van der Waals surface area (Å²) < 4.78 is 2.68. The summed E-state index contributed by atoms with van der Waals surface area (Å²) >= 11 is 1.91. The minimum atomic E-state index is -0.520. The van der Waals surface area contributed by atoms with E-state index in [0.29, 0.717) is 0 Å². The highest BCUT2D eigenvalue weighted by molar-refractivity contribution is 7.26. The minimum Gasteiger partial charge on any atom is -0.310 e. The highest BCUT2D eigenvalue weighted by Crippen LogP contribution is 2.65. The number of fused-ring (bicyclic) bond motifs is 18. The Balaban J connectivity index is 0.987. The predicted octanol–water partition coefficient (Wildman–Crippen LogP) is 19.7. The zero-order valence-corrected chi connectivity index (χ0v) is 42.8. The molecule has 1 saturated carbocycles. The standard InChI is InChI=1S/C71H55NS/c1-43-23-29-56-57-30-24-44(2)38-66(57)71(65(56)37-43)63-34-25-47(53-19-14-20-60-59-18-9-11-22-68(59)73-69(53)60)40-61(63)58-33-28-50(42-67(58)71)72(48-26-31-52(46(4)39-48)51-16-7-6-15-45(51)3)49-27-32-55-54-17-8-10-21-62(54)70(64(55)41-49)35-12-5-13-36-70/h6-11,14-34,37-42H,5,12-13,35-36H2,1-4H3. The van der Waals surface area contributed by atoms with E-state index in [1.807, 2.05) is 11.3 Å². The maximum Gasteiger partial charge on any atom is 0.0726 e. The molecular formula is C71H55NS. The molecule has 0 aliphatic heterocycles. The number of anilines is 3. The van der Waals surface area contributed by atoms with E-state index in [1.54, 1.807) is 0 Å². The first-order chi connectivity index (χ1) is 35.8. The van der Waals surface area contributed by atoms with E-state index in [9.17, 15) is 0 Å². The summed E-state index contributed by atoms with van der Waals surface area (Å²) in [7, 11) is 0. The van der Waals surface area contributed by atoms with Gasteiger partial charge in [0.15, 0.2) is 0 Å². The lowest BCUT2D eigenvalue weighted by Crippen LogP contribution is -2.28. The summed E-state index contributed by atoms with van der Waals surface area (Å²) in [5.41, 5.74) is 29.9. The molecular weight excluding hydrogens is 899 g/mol. The van der Waals surface area contributed by atoms with Crippen LogP contribution in [0.1, 0.15) is 87.7 Å². The van der Waals surface area contributed by atoms with Gasteiger partial charge in [-0.25, -0.2) is 0 Å². The fourth-order valence-electron chi connectivity index (χ4n) is 14.4. The molecule has 10 aromatic carbocycles. The van der Waals surface area contributed by atoms with Gasteiger partial charge in [-0.3, -0.25) is 0 Å². The summed E-state index contributed by atoms with van der Waals surface area (Å²) in [4.78, 5) is 2.59. The highest BCUT2D eigenvalue weighted by atomic mass is 32.1. The van der Waals surface area contributed by atoms with E-state index in [0.717, 1.165) is 0 Å². The molecule has 0 bridgehead atoms. The first-order valence-electron chi connectivity index (χ1n) is 26.4. The fraction of sp³-hybridized carbons (Fsp3) is 0.155. The summed E-state index contributed by atoms with van der Waals surface area (Å²) in [6.45, 7) is 9.05. The van der Waals surface area contributed by atoms with Gasteiger partial charge in [0.05, 0.1) is 5.41 Å². The van der Waals surface area contributed by atoms with E-state index in [1.165, 1.54) is 181 Å². The molecule has 0 amide bonds. The van der Waals surface area contributed by atoms with Gasteiger partial charge in [-0.1, -0.05) is 182 Å². The van der Waals surface area contributed by atoms with E-state index in [-0.39, 0.29) is 5.41 Å². The third-order valence-corrected chi connectivity index (χ3v) is 18.9. The molecule has 1 fully saturated rings. The van der Waals surface area contributed by atoms with Crippen molar-refractivity contribution in [3.8, 4) is 55.6 Å². The number of hydrogen-bond acceptors (Lipinski definition) is 2. The molecule has 73 heavy (non-hydrogen) atoms. The van der Waals surface area contributed by atoms with Crippen LogP contribution >= 0.6 is 11.3 Å². The molecule has 0 atom stereocenters. The van der Waals surface area contributed by atoms with E-state index in [2.05, 4.69) is 233 Å². The Hall–Kier alpha value is -7.78. The average molecular weight is 954 g/mol. The van der Waals surface area contributed by atoms with Crippen molar-refractivity contribution in [2.75, 3.05) is 4.90 Å². The normalized spacial score (nSPS) is 15.1. The molecule has 11 aromatic rings. The number of nitrogens with zero attached hydrogens (tertiary/aromatic N) is 1. The maximum atomic E-state index is 2.59. The Bertz CT molecular complexity index is 4090. The van der Waals surface area contributed by atoms with Gasteiger partial charge in [0.1, 0.15) is 0 Å². The van der Waals surface area contributed by atoms with Crippen molar-refractivity contribution in [1.82, 2.24) is 0 Å². The van der Waals surface area contributed by atoms with E-state index >= 15 is 0 Å². The lowest BCUT2D eigenvalue weighted by Gasteiger charge is -2.37. The van der Waals surface area contributed by atoms with Crippen molar-refractivity contribution in [3.63, 3.8) is 0 Å². The Morgan fingerprint density at radius 3 is 1.64 bits per heavy atom. The van der Waals surface area contributed by atoms with Crippen molar-refractivity contribution >= 4 is 48.6 Å². The fourth-order valence-corrected chi connectivity index (χ4v) is 15.7. The van der Waals surface area contributed by atoms with Crippen LogP contribution in [0.4, 0.5) is 17.1 Å². The van der Waals surface area contributed by atoms with Crippen molar-refractivity contribution in [1.29, 1.82) is 0 Å². The van der Waals surface area contributed by atoms with Crippen LogP contribution in [-0.2, 0) is 10.8 Å². The Morgan fingerprint density at radius 2 is 0.904 bits per heavy atom. The molecule has 1 aromatic heterocycles. The van der Waals surface area contributed by atoms with Gasteiger partial charge in [-0.2, -0.15) is 0 Å². The second kappa shape index (κ2) is 15.9. The van der Waals surface area contributed by atoms with Gasteiger partial charge in [-0.15, -0.1) is 11.3 Å².